The van der Waals surface area contributed by atoms with E-state index in [-0.39, 0.29) is 5.91 Å². The van der Waals surface area contributed by atoms with Crippen LogP contribution in [0.2, 0.25) is 0 Å². The number of piperidine rings is 1. The van der Waals surface area contributed by atoms with Gasteiger partial charge < -0.3 is 15.0 Å². The monoisotopic (exact) mass is 263 g/mol. The number of anilines is 1. The van der Waals surface area contributed by atoms with E-state index in [9.17, 15) is 4.79 Å². The van der Waals surface area contributed by atoms with E-state index in [1.165, 1.54) is 0 Å². The highest BCUT2D eigenvalue weighted by Crippen LogP contribution is 2.24. The first-order chi connectivity index (χ1) is 9.20. The number of carbonyl (C=O) groups excluding carboxylic acids is 1. The predicted molar refractivity (Wildman–Crippen MR) is 74.3 cm³/mol. The number of pyridine rings is 1. The molecule has 0 bridgehead atoms. The second-order valence-corrected chi connectivity index (χ2v) is 4.71. The lowest BCUT2D eigenvalue weighted by molar-refractivity contribution is -0.129. The number of likely N-dealkylation sites (tertiary alicyclic amines) is 1. The van der Waals surface area contributed by atoms with Gasteiger partial charge in [0.1, 0.15) is 0 Å². The molecule has 0 aliphatic carbocycles. The summed E-state index contributed by atoms with van der Waals surface area (Å²) in [6.45, 7) is 5.81. The third-order valence-corrected chi connectivity index (χ3v) is 3.35. The number of nitrogens with zero attached hydrogens (tertiary/aromatic N) is 2. The first kappa shape index (κ1) is 13.6. The Morgan fingerprint density at radius 2 is 2.26 bits per heavy atom. The van der Waals surface area contributed by atoms with Gasteiger partial charge in [-0.15, -0.1) is 0 Å². The molecule has 1 aliphatic rings. The number of amides is 1. The fourth-order valence-corrected chi connectivity index (χ4v) is 2.31. The Balaban J connectivity index is 1.93. The molecule has 1 amide bonds. The summed E-state index contributed by atoms with van der Waals surface area (Å²) in [5.41, 5.74) is 0.936. The highest BCUT2D eigenvalue weighted by atomic mass is 16.5. The summed E-state index contributed by atoms with van der Waals surface area (Å²) < 4.78 is 5.50. The number of nitrogens with one attached hydrogen (secondary N) is 1. The lowest BCUT2D eigenvalue weighted by Crippen LogP contribution is -2.41. The van der Waals surface area contributed by atoms with Crippen LogP contribution in [-0.4, -0.2) is 41.5 Å². The Morgan fingerprint density at radius 1 is 1.53 bits per heavy atom. The molecule has 0 unspecified atom stereocenters. The number of ether oxygens (including phenoxy) is 1. The van der Waals surface area contributed by atoms with Gasteiger partial charge in [0.25, 0.3) is 0 Å². The minimum atomic E-state index is 0.162. The predicted octanol–water partition coefficient (Wildman–Crippen LogP) is 1.90. The van der Waals surface area contributed by atoms with Crippen molar-refractivity contribution in [3.63, 3.8) is 0 Å². The molecule has 0 spiro atoms. The SMILES string of the molecule is CCOc1ncccc1NC1CCN(C(C)=O)CC1. The summed E-state index contributed by atoms with van der Waals surface area (Å²) in [5, 5.41) is 3.47. The summed E-state index contributed by atoms with van der Waals surface area (Å²) in [6.07, 6.45) is 3.65. The molecule has 1 aliphatic heterocycles. The summed E-state index contributed by atoms with van der Waals surface area (Å²) in [4.78, 5) is 17.4. The van der Waals surface area contributed by atoms with Crippen LogP contribution in [-0.2, 0) is 4.79 Å². The van der Waals surface area contributed by atoms with Crippen LogP contribution in [0.5, 0.6) is 5.88 Å². The van der Waals surface area contributed by atoms with Gasteiger partial charge in [0.05, 0.1) is 12.3 Å². The molecular weight excluding hydrogens is 242 g/mol. The Hall–Kier alpha value is -1.78. The molecule has 104 valence electrons. The van der Waals surface area contributed by atoms with Crippen LogP contribution in [0.15, 0.2) is 18.3 Å². The molecule has 1 aromatic rings. The number of aromatic nitrogens is 1. The van der Waals surface area contributed by atoms with Crippen molar-refractivity contribution in [2.45, 2.75) is 32.7 Å². The molecule has 5 heteroatoms. The van der Waals surface area contributed by atoms with Crippen molar-refractivity contribution in [2.24, 2.45) is 0 Å². The maximum Gasteiger partial charge on any atom is 0.237 e. The minimum Gasteiger partial charge on any atom is -0.476 e. The highest BCUT2D eigenvalue weighted by molar-refractivity contribution is 5.73. The third-order valence-electron chi connectivity index (χ3n) is 3.35. The fourth-order valence-electron chi connectivity index (χ4n) is 2.31. The van der Waals surface area contributed by atoms with Crippen molar-refractivity contribution < 1.29 is 9.53 Å². The quantitative estimate of drug-likeness (QED) is 0.901. The van der Waals surface area contributed by atoms with Crippen molar-refractivity contribution in [2.75, 3.05) is 25.0 Å². The molecule has 2 rings (SSSR count). The summed E-state index contributed by atoms with van der Waals surface area (Å²) in [7, 11) is 0. The largest absolute Gasteiger partial charge is 0.476 e. The van der Waals surface area contributed by atoms with Crippen LogP contribution in [0.3, 0.4) is 0 Å². The van der Waals surface area contributed by atoms with E-state index in [1.807, 2.05) is 24.0 Å². The second-order valence-electron chi connectivity index (χ2n) is 4.71. The van der Waals surface area contributed by atoms with Gasteiger partial charge in [-0.2, -0.15) is 0 Å². The Kier molecular flexibility index (Phi) is 4.60. The second kappa shape index (κ2) is 6.41. The van der Waals surface area contributed by atoms with E-state index in [2.05, 4.69) is 10.3 Å². The summed E-state index contributed by atoms with van der Waals surface area (Å²) in [6, 6.07) is 4.25. The molecule has 0 atom stereocenters. The molecule has 19 heavy (non-hydrogen) atoms. The van der Waals surface area contributed by atoms with Gasteiger partial charge >= 0.3 is 0 Å². The Bertz CT molecular complexity index is 428. The van der Waals surface area contributed by atoms with E-state index in [0.29, 0.717) is 18.5 Å². The van der Waals surface area contributed by atoms with Crippen molar-refractivity contribution in [1.29, 1.82) is 0 Å². The van der Waals surface area contributed by atoms with Gasteiger partial charge in [0.15, 0.2) is 0 Å². The smallest absolute Gasteiger partial charge is 0.237 e. The number of hydrogen-bond donors (Lipinski definition) is 1. The first-order valence-electron chi connectivity index (χ1n) is 6.80. The van der Waals surface area contributed by atoms with Crippen molar-refractivity contribution in [3.8, 4) is 5.88 Å². The molecule has 1 N–H and O–H groups in total. The molecule has 1 aromatic heterocycles. The molecule has 5 nitrogen and oxygen atoms in total. The van der Waals surface area contributed by atoms with Gasteiger partial charge in [-0.05, 0) is 31.9 Å². The third kappa shape index (κ3) is 3.59. The molecule has 0 radical (unpaired) electrons. The van der Waals surface area contributed by atoms with Gasteiger partial charge in [-0.3, -0.25) is 4.79 Å². The number of rotatable bonds is 4. The molecular formula is C14H21N3O2. The van der Waals surface area contributed by atoms with Crippen LogP contribution in [0.4, 0.5) is 5.69 Å². The van der Waals surface area contributed by atoms with Crippen LogP contribution in [0.25, 0.3) is 0 Å². The van der Waals surface area contributed by atoms with Crippen LogP contribution < -0.4 is 10.1 Å². The normalized spacial score (nSPS) is 16.2. The highest BCUT2D eigenvalue weighted by Gasteiger charge is 2.21. The van der Waals surface area contributed by atoms with Crippen LogP contribution in [0, 0.1) is 0 Å². The Labute approximate surface area is 114 Å². The van der Waals surface area contributed by atoms with Crippen LogP contribution in [0.1, 0.15) is 26.7 Å². The van der Waals surface area contributed by atoms with E-state index < -0.39 is 0 Å². The molecule has 0 saturated carbocycles. The zero-order valence-electron chi connectivity index (χ0n) is 11.6. The maximum atomic E-state index is 11.3. The maximum absolute atomic E-state index is 11.3. The minimum absolute atomic E-state index is 0.162. The number of hydrogen-bond acceptors (Lipinski definition) is 4. The van der Waals surface area contributed by atoms with E-state index in [4.69, 9.17) is 4.74 Å². The zero-order valence-corrected chi connectivity index (χ0v) is 11.6. The molecule has 2 heterocycles. The molecule has 1 saturated heterocycles. The lowest BCUT2D eigenvalue weighted by atomic mass is 10.0. The Morgan fingerprint density at radius 3 is 2.89 bits per heavy atom. The fraction of sp³-hybridized carbons (Fsp3) is 0.571. The first-order valence-corrected chi connectivity index (χ1v) is 6.80. The standard InChI is InChI=1S/C14H21N3O2/c1-3-19-14-13(5-4-8-15-14)16-12-6-9-17(10-7-12)11(2)18/h4-5,8,12,16H,3,6-7,9-10H2,1-2H3. The van der Waals surface area contributed by atoms with Gasteiger partial charge in [-0.25, -0.2) is 4.98 Å². The number of carbonyl (C=O) groups is 1. The van der Waals surface area contributed by atoms with E-state index >= 15 is 0 Å². The van der Waals surface area contributed by atoms with Crippen molar-refractivity contribution >= 4 is 11.6 Å². The van der Waals surface area contributed by atoms with Gasteiger partial charge in [-0.1, -0.05) is 0 Å². The average molecular weight is 263 g/mol. The molecule has 1 fully saturated rings. The summed E-state index contributed by atoms with van der Waals surface area (Å²) >= 11 is 0. The van der Waals surface area contributed by atoms with E-state index in [1.54, 1.807) is 13.1 Å². The van der Waals surface area contributed by atoms with Crippen molar-refractivity contribution in [3.05, 3.63) is 18.3 Å². The topological polar surface area (TPSA) is 54.5 Å². The van der Waals surface area contributed by atoms with E-state index in [0.717, 1.165) is 31.6 Å². The van der Waals surface area contributed by atoms with Crippen molar-refractivity contribution in [1.82, 2.24) is 9.88 Å². The summed E-state index contributed by atoms with van der Waals surface area (Å²) in [5.74, 6) is 0.814. The van der Waals surface area contributed by atoms with Gasteiger partial charge in [0.2, 0.25) is 11.8 Å². The zero-order chi connectivity index (χ0) is 13.7. The van der Waals surface area contributed by atoms with Gasteiger partial charge in [0, 0.05) is 32.3 Å². The average Bonchev–Trinajstić information content (AvgIpc) is 2.42. The lowest BCUT2D eigenvalue weighted by Gasteiger charge is -2.32. The molecule has 0 aromatic carbocycles. The van der Waals surface area contributed by atoms with Crippen LogP contribution >= 0.6 is 0 Å².